The molecule has 2 rings (SSSR count). The van der Waals surface area contributed by atoms with Gasteiger partial charge in [-0.3, -0.25) is 4.90 Å². The maximum Gasteiger partial charge on any atom is 0.123 e. The molecule has 1 aliphatic heterocycles. The zero-order chi connectivity index (χ0) is 13.8. The maximum atomic E-state index is 13.3. The first-order valence-electron chi connectivity index (χ1n) is 6.94. The molecule has 0 spiro atoms. The fourth-order valence-corrected chi connectivity index (χ4v) is 2.52. The third kappa shape index (κ3) is 3.75. The predicted molar refractivity (Wildman–Crippen MR) is 74.7 cm³/mol. The Labute approximate surface area is 114 Å². The topological polar surface area (TPSA) is 38.5 Å². The molecular formula is C15H23FN2O. The average molecular weight is 266 g/mol. The molecule has 0 radical (unpaired) electrons. The number of rotatable bonds is 4. The van der Waals surface area contributed by atoms with Crippen LogP contribution in [0.3, 0.4) is 0 Å². The molecule has 3 nitrogen and oxygen atoms in total. The van der Waals surface area contributed by atoms with E-state index in [-0.39, 0.29) is 18.0 Å². The largest absolute Gasteiger partial charge is 0.374 e. The van der Waals surface area contributed by atoms with E-state index < -0.39 is 0 Å². The van der Waals surface area contributed by atoms with Crippen LogP contribution in [0.5, 0.6) is 0 Å². The molecule has 1 aromatic rings. The summed E-state index contributed by atoms with van der Waals surface area (Å²) in [6, 6.07) is 4.78. The molecule has 0 aromatic heterocycles. The first-order chi connectivity index (χ1) is 9.10. The van der Waals surface area contributed by atoms with Crippen LogP contribution in [0.2, 0.25) is 0 Å². The van der Waals surface area contributed by atoms with Crippen LogP contribution in [0.15, 0.2) is 18.2 Å². The molecule has 1 fully saturated rings. The Morgan fingerprint density at radius 2 is 2.32 bits per heavy atom. The van der Waals surface area contributed by atoms with Crippen molar-refractivity contribution in [1.29, 1.82) is 0 Å². The number of likely N-dealkylation sites (N-methyl/N-ethyl adjacent to an activating group) is 1. The second kappa shape index (κ2) is 6.46. The van der Waals surface area contributed by atoms with E-state index >= 15 is 0 Å². The van der Waals surface area contributed by atoms with Gasteiger partial charge in [-0.2, -0.15) is 0 Å². The van der Waals surface area contributed by atoms with Crippen LogP contribution in [-0.2, 0) is 11.2 Å². The number of aryl methyl sites for hydroxylation is 1. The molecule has 1 aliphatic rings. The van der Waals surface area contributed by atoms with Crippen molar-refractivity contribution >= 4 is 0 Å². The Morgan fingerprint density at radius 3 is 3.05 bits per heavy atom. The van der Waals surface area contributed by atoms with Crippen LogP contribution >= 0.6 is 0 Å². The van der Waals surface area contributed by atoms with Crippen LogP contribution in [0.1, 0.15) is 18.1 Å². The zero-order valence-electron chi connectivity index (χ0n) is 11.7. The van der Waals surface area contributed by atoms with Gasteiger partial charge >= 0.3 is 0 Å². The van der Waals surface area contributed by atoms with E-state index in [2.05, 4.69) is 11.8 Å². The minimum absolute atomic E-state index is 0.0383. The van der Waals surface area contributed by atoms with Crippen molar-refractivity contribution in [2.75, 3.05) is 26.2 Å². The van der Waals surface area contributed by atoms with Crippen molar-refractivity contribution < 1.29 is 9.13 Å². The van der Waals surface area contributed by atoms with E-state index in [0.29, 0.717) is 6.42 Å². The highest BCUT2D eigenvalue weighted by molar-refractivity contribution is 5.27. The Bertz CT molecular complexity index is 425. The lowest BCUT2D eigenvalue weighted by atomic mass is 9.97. The Kier molecular flexibility index (Phi) is 4.91. The van der Waals surface area contributed by atoms with Gasteiger partial charge in [0.15, 0.2) is 0 Å². The zero-order valence-corrected chi connectivity index (χ0v) is 11.7. The molecule has 4 heteroatoms. The summed E-state index contributed by atoms with van der Waals surface area (Å²) in [4.78, 5) is 2.34. The Morgan fingerprint density at radius 1 is 1.53 bits per heavy atom. The Hall–Kier alpha value is -0.970. The van der Waals surface area contributed by atoms with Crippen molar-refractivity contribution in [3.05, 3.63) is 35.1 Å². The van der Waals surface area contributed by atoms with Gasteiger partial charge in [-0.1, -0.05) is 13.0 Å². The summed E-state index contributed by atoms with van der Waals surface area (Å²) in [6.45, 7) is 7.72. The minimum Gasteiger partial charge on any atom is -0.374 e. The predicted octanol–water partition coefficient (Wildman–Crippen LogP) is 1.72. The molecule has 1 heterocycles. The van der Waals surface area contributed by atoms with Crippen LogP contribution in [0, 0.1) is 12.7 Å². The highest BCUT2D eigenvalue weighted by atomic mass is 19.1. The fourth-order valence-electron chi connectivity index (χ4n) is 2.52. The summed E-state index contributed by atoms with van der Waals surface area (Å²) in [6.07, 6.45) is 0.697. The number of nitrogens with two attached hydrogens (primary N) is 1. The van der Waals surface area contributed by atoms with Crippen molar-refractivity contribution in [1.82, 2.24) is 4.90 Å². The molecule has 1 saturated heterocycles. The van der Waals surface area contributed by atoms with Crippen LogP contribution in [0.4, 0.5) is 4.39 Å². The van der Waals surface area contributed by atoms with Crippen LogP contribution in [-0.4, -0.2) is 43.3 Å². The normalized spacial score (nSPS) is 22.4. The minimum atomic E-state index is -0.201. The maximum absolute atomic E-state index is 13.3. The third-order valence-electron chi connectivity index (χ3n) is 3.87. The van der Waals surface area contributed by atoms with E-state index in [4.69, 9.17) is 10.5 Å². The summed E-state index contributed by atoms with van der Waals surface area (Å²) >= 11 is 0. The van der Waals surface area contributed by atoms with E-state index in [0.717, 1.165) is 37.4 Å². The lowest BCUT2D eigenvalue weighted by Crippen LogP contribution is -2.51. The van der Waals surface area contributed by atoms with Gasteiger partial charge < -0.3 is 10.5 Å². The van der Waals surface area contributed by atoms with Gasteiger partial charge in [0.2, 0.25) is 0 Å². The van der Waals surface area contributed by atoms with Gasteiger partial charge in [0.25, 0.3) is 0 Å². The summed E-state index contributed by atoms with van der Waals surface area (Å²) in [5, 5.41) is 0. The number of nitrogens with zero attached hydrogens (tertiary/aromatic N) is 1. The number of hydrogen-bond acceptors (Lipinski definition) is 3. The van der Waals surface area contributed by atoms with Crippen molar-refractivity contribution in [2.45, 2.75) is 32.4 Å². The van der Waals surface area contributed by atoms with Gasteiger partial charge in [-0.25, -0.2) is 4.39 Å². The SMILES string of the molecule is CCN1CCOC(C(N)Cc2cc(F)ccc2C)C1. The molecule has 2 unspecified atom stereocenters. The number of hydrogen-bond donors (Lipinski definition) is 1. The van der Waals surface area contributed by atoms with E-state index in [1.165, 1.54) is 6.07 Å². The van der Waals surface area contributed by atoms with Gasteiger partial charge in [-0.05, 0) is 43.1 Å². The van der Waals surface area contributed by atoms with Crippen LogP contribution in [0.25, 0.3) is 0 Å². The summed E-state index contributed by atoms with van der Waals surface area (Å²) in [7, 11) is 0. The Balaban J connectivity index is 2.00. The van der Waals surface area contributed by atoms with E-state index in [1.54, 1.807) is 12.1 Å². The van der Waals surface area contributed by atoms with Crippen LogP contribution < -0.4 is 5.73 Å². The average Bonchev–Trinajstić information content (AvgIpc) is 2.43. The fraction of sp³-hybridized carbons (Fsp3) is 0.600. The lowest BCUT2D eigenvalue weighted by Gasteiger charge is -2.35. The lowest BCUT2D eigenvalue weighted by molar-refractivity contribution is -0.0385. The molecule has 0 saturated carbocycles. The molecule has 2 N–H and O–H groups in total. The standard InChI is InChI=1S/C15H23FN2O/c1-3-18-6-7-19-15(10-18)14(17)9-12-8-13(16)5-4-11(12)2/h4-5,8,14-15H,3,6-7,9-10,17H2,1-2H3. The molecular weight excluding hydrogens is 243 g/mol. The summed E-state index contributed by atoms with van der Waals surface area (Å²) in [5.74, 6) is -0.201. The molecule has 0 bridgehead atoms. The highest BCUT2D eigenvalue weighted by Crippen LogP contribution is 2.16. The third-order valence-corrected chi connectivity index (χ3v) is 3.87. The van der Waals surface area contributed by atoms with Gasteiger partial charge in [0.05, 0.1) is 12.7 Å². The van der Waals surface area contributed by atoms with Gasteiger partial charge in [0.1, 0.15) is 5.82 Å². The number of benzene rings is 1. The second-order valence-electron chi connectivity index (χ2n) is 5.24. The quantitative estimate of drug-likeness (QED) is 0.902. The smallest absolute Gasteiger partial charge is 0.123 e. The molecule has 0 amide bonds. The highest BCUT2D eigenvalue weighted by Gasteiger charge is 2.25. The molecule has 19 heavy (non-hydrogen) atoms. The molecule has 1 aromatic carbocycles. The summed E-state index contributed by atoms with van der Waals surface area (Å²) < 4.78 is 19.0. The first-order valence-corrected chi connectivity index (χ1v) is 6.94. The summed E-state index contributed by atoms with van der Waals surface area (Å²) in [5.41, 5.74) is 8.30. The number of halogens is 1. The van der Waals surface area contributed by atoms with Crippen molar-refractivity contribution in [3.8, 4) is 0 Å². The van der Waals surface area contributed by atoms with Gasteiger partial charge in [-0.15, -0.1) is 0 Å². The van der Waals surface area contributed by atoms with Crippen molar-refractivity contribution in [3.63, 3.8) is 0 Å². The van der Waals surface area contributed by atoms with Gasteiger partial charge in [0, 0.05) is 19.1 Å². The number of morpholine rings is 1. The van der Waals surface area contributed by atoms with Crippen molar-refractivity contribution in [2.24, 2.45) is 5.73 Å². The monoisotopic (exact) mass is 266 g/mol. The molecule has 2 atom stereocenters. The number of ether oxygens (including phenoxy) is 1. The first kappa shape index (κ1) is 14.4. The van der Waals surface area contributed by atoms with E-state index in [9.17, 15) is 4.39 Å². The molecule has 0 aliphatic carbocycles. The van der Waals surface area contributed by atoms with E-state index in [1.807, 2.05) is 6.92 Å². The second-order valence-corrected chi connectivity index (χ2v) is 5.24. The molecule has 106 valence electrons.